The van der Waals surface area contributed by atoms with E-state index < -0.39 is 18.0 Å². The van der Waals surface area contributed by atoms with Gasteiger partial charge in [-0.15, -0.1) is 0 Å². The first kappa shape index (κ1) is 23.6. The number of rotatable bonds is 9. The molecule has 0 saturated heterocycles. The maximum Gasteiger partial charge on any atom is 0.243 e. The molecule has 0 fully saturated rings. The fraction of sp³-hybridized carbons (Fsp3) is 0.333. The van der Waals surface area contributed by atoms with Gasteiger partial charge in [0.15, 0.2) is 0 Å². The standard InChI is InChI=1S/C24H28N4O3/c1-16(2)13-22(27-17(3)29)24(31)28-21(14-18-9-5-4-6-10-18)23(30)19(15-25)20-11-7-8-12-26-20/h4-12,16,21-22,30H,13-14H2,1-3H3,(H,27,29)(H,28,31)/b23-19-/t21-,22-/m0/s1. The van der Waals surface area contributed by atoms with Crippen molar-refractivity contribution in [2.75, 3.05) is 0 Å². The summed E-state index contributed by atoms with van der Waals surface area (Å²) < 4.78 is 0. The largest absolute Gasteiger partial charge is 0.509 e. The van der Waals surface area contributed by atoms with E-state index in [1.165, 1.54) is 13.1 Å². The zero-order chi connectivity index (χ0) is 22.8. The molecule has 2 atom stereocenters. The highest BCUT2D eigenvalue weighted by Gasteiger charge is 2.27. The van der Waals surface area contributed by atoms with Crippen LogP contribution in [0.3, 0.4) is 0 Å². The number of hydrogen-bond acceptors (Lipinski definition) is 5. The molecule has 0 aliphatic carbocycles. The number of aliphatic hydroxyl groups is 1. The molecule has 1 aromatic heterocycles. The summed E-state index contributed by atoms with van der Waals surface area (Å²) in [5.41, 5.74) is 1.18. The van der Waals surface area contributed by atoms with Gasteiger partial charge in [-0.05, 0) is 36.5 Å². The van der Waals surface area contributed by atoms with Crippen molar-refractivity contribution in [3.8, 4) is 6.07 Å². The average Bonchev–Trinajstić information content (AvgIpc) is 2.74. The van der Waals surface area contributed by atoms with E-state index in [0.29, 0.717) is 12.1 Å². The van der Waals surface area contributed by atoms with Crippen molar-refractivity contribution in [3.05, 3.63) is 71.7 Å². The topological polar surface area (TPSA) is 115 Å². The summed E-state index contributed by atoms with van der Waals surface area (Å²) in [5, 5.41) is 26.1. The molecule has 2 rings (SSSR count). The summed E-state index contributed by atoms with van der Waals surface area (Å²) in [6.07, 6.45) is 2.24. The highest BCUT2D eigenvalue weighted by atomic mass is 16.3. The molecule has 0 spiro atoms. The van der Waals surface area contributed by atoms with Crippen LogP contribution in [0.2, 0.25) is 0 Å². The zero-order valence-electron chi connectivity index (χ0n) is 18.0. The number of nitrogens with one attached hydrogen (secondary N) is 2. The Morgan fingerprint density at radius 1 is 1.06 bits per heavy atom. The van der Waals surface area contributed by atoms with Crippen molar-refractivity contribution in [1.29, 1.82) is 5.26 Å². The van der Waals surface area contributed by atoms with Crippen LogP contribution in [0.1, 0.15) is 38.4 Å². The molecule has 0 aliphatic heterocycles. The van der Waals surface area contributed by atoms with Crippen molar-refractivity contribution in [1.82, 2.24) is 15.6 Å². The van der Waals surface area contributed by atoms with Crippen LogP contribution in [-0.2, 0) is 16.0 Å². The molecule has 1 aromatic carbocycles. The number of carbonyl (C=O) groups excluding carboxylic acids is 2. The Hall–Kier alpha value is -3.66. The van der Waals surface area contributed by atoms with Gasteiger partial charge >= 0.3 is 0 Å². The molecule has 0 aliphatic rings. The molecule has 2 aromatic rings. The molecular formula is C24H28N4O3. The lowest BCUT2D eigenvalue weighted by atomic mass is 9.98. The highest BCUT2D eigenvalue weighted by Crippen LogP contribution is 2.20. The van der Waals surface area contributed by atoms with E-state index in [2.05, 4.69) is 15.6 Å². The number of hydrogen-bond donors (Lipinski definition) is 3. The van der Waals surface area contributed by atoms with Crippen LogP contribution in [0.25, 0.3) is 5.57 Å². The molecule has 0 saturated carbocycles. The Morgan fingerprint density at radius 2 is 1.74 bits per heavy atom. The summed E-state index contributed by atoms with van der Waals surface area (Å²) in [6, 6.07) is 14.8. The maximum atomic E-state index is 13.0. The second kappa shape index (κ2) is 11.5. The quantitative estimate of drug-likeness (QED) is 0.426. The van der Waals surface area contributed by atoms with Crippen LogP contribution in [0.5, 0.6) is 0 Å². The van der Waals surface area contributed by atoms with Crippen LogP contribution >= 0.6 is 0 Å². The minimum absolute atomic E-state index is 0.0123. The van der Waals surface area contributed by atoms with Gasteiger partial charge in [-0.2, -0.15) is 5.26 Å². The lowest BCUT2D eigenvalue weighted by Crippen LogP contribution is -2.50. The number of aromatic nitrogens is 1. The van der Waals surface area contributed by atoms with Gasteiger partial charge in [-0.25, -0.2) is 0 Å². The van der Waals surface area contributed by atoms with Gasteiger partial charge in [0.05, 0.1) is 11.7 Å². The first-order valence-electron chi connectivity index (χ1n) is 10.2. The van der Waals surface area contributed by atoms with Gasteiger partial charge in [0.25, 0.3) is 0 Å². The summed E-state index contributed by atoms with van der Waals surface area (Å²) in [4.78, 5) is 28.7. The molecule has 7 nitrogen and oxygen atoms in total. The van der Waals surface area contributed by atoms with Gasteiger partial charge in [0.1, 0.15) is 23.4 Å². The lowest BCUT2D eigenvalue weighted by molar-refractivity contribution is -0.128. The Labute approximate surface area is 182 Å². The monoisotopic (exact) mass is 420 g/mol. The Morgan fingerprint density at radius 3 is 2.29 bits per heavy atom. The number of allylic oxidation sites excluding steroid dienone is 1. The van der Waals surface area contributed by atoms with Gasteiger partial charge < -0.3 is 15.7 Å². The third-order valence-corrected chi connectivity index (χ3v) is 4.62. The van der Waals surface area contributed by atoms with Crippen LogP contribution in [0.4, 0.5) is 0 Å². The number of carbonyl (C=O) groups is 2. The van der Waals surface area contributed by atoms with Crippen molar-refractivity contribution in [3.63, 3.8) is 0 Å². The predicted molar refractivity (Wildman–Crippen MR) is 119 cm³/mol. The van der Waals surface area contributed by atoms with E-state index in [4.69, 9.17) is 0 Å². The van der Waals surface area contributed by atoms with Crippen molar-refractivity contribution in [2.24, 2.45) is 5.92 Å². The first-order chi connectivity index (χ1) is 14.8. The first-order valence-corrected chi connectivity index (χ1v) is 10.2. The van der Waals surface area contributed by atoms with E-state index >= 15 is 0 Å². The SMILES string of the molecule is CC(=O)N[C@@H](CC(C)C)C(=O)N[C@@H](Cc1ccccc1)/C(O)=C(\C#N)c1ccccn1. The molecule has 2 amide bonds. The van der Waals surface area contributed by atoms with E-state index in [-0.39, 0.29) is 29.6 Å². The fourth-order valence-electron chi connectivity index (χ4n) is 3.22. The number of nitrogens with zero attached hydrogens (tertiary/aromatic N) is 2. The predicted octanol–water partition coefficient (Wildman–Crippen LogP) is 3.15. The van der Waals surface area contributed by atoms with Gasteiger partial charge in [-0.3, -0.25) is 14.6 Å². The van der Waals surface area contributed by atoms with Crippen molar-refractivity contribution >= 4 is 17.4 Å². The zero-order valence-corrected chi connectivity index (χ0v) is 18.0. The molecule has 7 heteroatoms. The molecule has 3 N–H and O–H groups in total. The molecule has 0 bridgehead atoms. The van der Waals surface area contributed by atoms with Gasteiger partial charge in [-0.1, -0.05) is 50.2 Å². The molecule has 162 valence electrons. The van der Waals surface area contributed by atoms with Crippen LogP contribution in [-0.4, -0.2) is 34.0 Å². The Kier molecular flexibility index (Phi) is 8.77. The molecule has 0 radical (unpaired) electrons. The summed E-state index contributed by atoms with van der Waals surface area (Å²) in [5.74, 6) is -0.840. The molecule has 1 heterocycles. The third-order valence-electron chi connectivity index (χ3n) is 4.62. The Balaban J connectivity index is 2.40. The second-order valence-electron chi connectivity index (χ2n) is 7.72. The lowest BCUT2D eigenvalue weighted by Gasteiger charge is -2.24. The number of aliphatic hydroxyl groups excluding tert-OH is 1. The maximum absolute atomic E-state index is 13.0. The molecule has 0 unspecified atom stereocenters. The smallest absolute Gasteiger partial charge is 0.243 e. The average molecular weight is 421 g/mol. The van der Waals surface area contributed by atoms with E-state index in [9.17, 15) is 20.0 Å². The van der Waals surface area contributed by atoms with Crippen LogP contribution < -0.4 is 10.6 Å². The number of benzene rings is 1. The normalized spacial score (nSPS) is 13.5. The fourth-order valence-corrected chi connectivity index (χ4v) is 3.22. The van der Waals surface area contributed by atoms with Crippen LogP contribution in [0.15, 0.2) is 60.5 Å². The summed E-state index contributed by atoms with van der Waals surface area (Å²) in [6.45, 7) is 5.26. The number of amides is 2. The minimum Gasteiger partial charge on any atom is -0.509 e. The molecule has 31 heavy (non-hydrogen) atoms. The van der Waals surface area contributed by atoms with Gasteiger partial charge in [0, 0.05) is 13.1 Å². The summed E-state index contributed by atoms with van der Waals surface area (Å²) in [7, 11) is 0. The number of pyridine rings is 1. The second-order valence-corrected chi connectivity index (χ2v) is 7.72. The third kappa shape index (κ3) is 7.27. The highest BCUT2D eigenvalue weighted by molar-refractivity contribution is 5.87. The molecular weight excluding hydrogens is 392 g/mol. The van der Waals surface area contributed by atoms with Gasteiger partial charge in [0.2, 0.25) is 11.8 Å². The van der Waals surface area contributed by atoms with Crippen LogP contribution in [0, 0.1) is 17.2 Å². The van der Waals surface area contributed by atoms with E-state index in [1.54, 1.807) is 18.2 Å². The minimum atomic E-state index is -0.866. The van der Waals surface area contributed by atoms with E-state index in [1.807, 2.05) is 50.2 Å². The number of nitriles is 1. The van der Waals surface area contributed by atoms with E-state index in [0.717, 1.165) is 5.56 Å². The van der Waals surface area contributed by atoms with Crippen molar-refractivity contribution < 1.29 is 14.7 Å². The summed E-state index contributed by atoms with van der Waals surface area (Å²) >= 11 is 0. The van der Waals surface area contributed by atoms with Crippen molar-refractivity contribution in [2.45, 2.75) is 45.7 Å². The Bertz CT molecular complexity index is 950.